The molecule has 1 aliphatic rings. The normalized spacial score (nSPS) is 27.6. The number of nitrogens with one attached hydrogen (secondary N) is 1. The Labute approximate surface area is 101 Å². The fourth-order valence-electron chi connectivity index (χ4n) is 2.72. The Balaban J connectivity index is 2.48. The van der Waals surface area contributed by atoms with E-state index in [1.807, 2.05) is 0 Å². The van der Waals surface area contributed by atoms with Crippen molar-refractivity contribution in [2.24, 2.45) is 0 Å². The lowest BCUT2D eigenvalue weighted by atomic mass is 10.1. The summed E-state index contributed by atoms with van der Waals surface area (Å²) in [6.07, 6.45) is 5.18. The Hall–Kier alpha value is -0.120. The summed E-state index contributed by atoms with van der Waals surface area (Å²) >= 11 is 0. The average molecular weight is 228 g/mol. The van der Waals surface area contributed by atoms with Gasteiger partial charge in [0.25, 0.3) is 0 Å². The standard InChI is InChI=1S/C13H28N2O/c1-5-11(2)15(8-9-16-4)13-7-6-12(10-13)14-3/h11-14H,5-10H2,1-4H3. The van der Waals surface area contributed by atoms with Crippen molar-refractivity contribution in [3.8, 4) is 0 Å². The van der Waals surface area contributed by atoms with Crippen molar-refractivity contribution in [2.75, 3.05) is 27.3 Å². The van der Waals surface area contributed by atoms with Crippen LogP contribution in [0.2, 0.25) is 0 Å². The van der Waals surface area contributed by atoms with Crippen LogP contribution in [0.15, 0.2) is 0 Å². The van der Waals surface area contributed by atoms with Crippen molar-refractivity contribution in [1.29, 1.82) is 0 Å². The summed E-state index contributed by atoms with van der Waals surface area (Å²) < 4.78 is 5.22. The lowest BCUT2D eigenvalue weighted by Crippen LogP contribution is -2.43. The molecule has 1 aliphatic carbocycles. The molecule has 0 spiro atoms. The molecule has 3 nitrogen and oxygen atoms in total. The fraction of sp³-hybridized carbons (Fsp3) is 1.00. The van der Waals surface area contributed by atoms with Gasteiger partial charge in [-0.1, -0.05) is 6.92 Å². The van der Waals surface area contributed by atoms with E-state index in [4.69, 9.17) is 4.74 Å². The summed E-state index contributed by atoms with van der Waals surface area (Å²) in [6, 6.07) is 2.15. The first-order chi connectivity index (χ1) is 7.72. The molecular formula is C13H28N2O. The molecule has 1 N–H and O–H groups in total. The van der Waals surface area contributed by atoms with E-state index >= 15 is 0 Å². The minimum atomic E-state index is 0.677. The third-order valence-electron chi connectivity index (χ3n) is 3.99. The number of methoxy groups -OCH3 is 1. The highest BCUT2D eigenvalue weighted by Gasteiger charge is 2.30. The zero-order valence-corrected chi connectivity index (χ0v) is 11.3. The molecule has 0 aromatic rings. The van der Waals surface area contributed by atoms with Crippen LogP contribution in [0, 0.1) is 0 Å². The monoisotopic (exact) mass is 228 g/mol. The van der Waals surface area contributed by atoms with Gasteiger partial charge >= 0.3 is 0 Å². The van der Waals surface area contributed by atoms with Crippen molar-refractivity contribution in [1.82, 2.24) is 10.2 Å². The van der Waals surface area contributed by atoms with E-state index in [1.165, 1.54) is 25.7 Å². The van der Waals surface area contributed by atoms with Crippen LogP contribution in [0.3, 0.4) is 0 Å². The van der Waals surface area contributed by atoms with Crippen molar-refractivity contribution in [2.45, 2.75) is 57.7 Å². The van der Waals surface area contributed by atoms with Gasteiger partial charge in [0.05, 0.1) is 6.61 Å². The van der Waals surface area contributed by atoms with Crippen LogP contribution < -0.4 is 5.32 Å². The van der Waals surface area contributed by atoms with Crippen LogP contribution >= 0.6 is 0 Å². The van der Waals surface area contributed by atoms with Gasteiger partial charge < -0.3 is 10.1 Å². The fourth-order valence-corrected chi connectivity index (χ4v) is 2.72. The molecule has 96 valence electrons. The molecule has 1 rings (SSSR count). The van der Waals surface area contributed by atoms with Crippen LogP contribution in [0.1, 0.15) is 39.5 Å². The molecule has 0 radical (unpaired) electrons. The lowest BCUT2D eigenvalue weighted by Gasteiger charge is -2.34. The summed E-state index contributed by atoms with van der Waals surface area (Å²) in [4.78, 5) is 2.64. The second-order valence-corrected chi connectivity index (χ2v) is 4.94. The molecule has 3 heteroatoms. The molecule has 0 aromatic heterocycles. The van der Waals surface area contributed by atoms with Crippen LogP contribution in [0.5, 0.6) is 0 Å². The lowest BCUT2D eigenvalue weighted by molar-refractivity contribution is 0.0889. The van der Waals surface area contributed by atoms with Gasteiger partial charge in [0, 0.05) is 31.8 Å². The number of hydrogen-bond donors (Lipinski definition) is 1. The Bertz CT molecular complexity index is 187. The summed E-state index contributed by atoms with van der Waals surface area (Å²) in [5.41, 5.74) is 0. The zero-order valence-electron chi connectivity index (χ0n) is 11.3. The molecule has 0 saturated heterocycles. The molecule has 3 atom stereocenters. The van der Waals surface area contributed by atoms with E-state index in [2.05, 4.69) is 31.1 Å². The molecule has 0 heterocycles. The van der Waals surface area contributed by atoms with Crippen molar-refractivity contribution < 1.29 is 4.74 Å². The van der Waals surface area contributed by atoms with Gasteiger partial charge in [-0.25, -0.2) is 0 Å². The molecule has 1 fully saturated rings. The van der Waals surface area contributed by atoms with Gasteiger partial charge in [0.1, 0.15) is 0 Å². The first-order valence-electron chi connectivity index (χ1n) is 6.64. The third kappa shape index (κ3) is 3.72. The Morgan fingerprint density at radius 2 is 2.19 bits per heavy atom. The second-order valence-electron chi connectivity index (χ2n) is 4.94. The van der Waals surface area contributed by atoms with Crippen LogP contribution in [0.4, 0.5) is 0 Å². The zero-order chi connectivity index (χ0) is 12.0. The summed E-state index contributed by atoms with van der Waals surface area (Å²) in [7, 11) is 3.87. The summed E-state index contributed by atoms with van der Waals surface area (Å²) in [5, 5.41) is 3.40. The molecule has 16 heavy (non-hydrogen) atoms. The molecule has 1 saturated carbocycles. The van der Waals surface area contributed by atoms with Gasteiger partial charge in [0.15, 0.2) is 0 Å². The smallest absolute Gasteiger partial charge is 0.0589 e. The number of rotatable bonds is 7. The van der Waals surface area contributed by atoms with Crippen molar-refractivity contribution >= 4 is 0 Å². The first-order valence-corrected chi connectivity index (χ1v) is 6.64. The highest BCUT2D eigenvalue weighted by Crippen LogP contribution is 2.26. The van der Waals surface area contributed by atoms with E-state index < -0.39 is 0 Å². The van der Waals surface area contributed by atoms with E-state index in [0.717, 1.165) is 25.2 Å². The van der Waals surface area contributed by atoms with E-state index in [9.17, 15) is 0 Å². The maximum Gasteiger partial charge on any atom is 0.0589 e. The quantitative estimate of drug-likeness (QED) is 0.720. The Morgan fingerprint density at radius 3 is 2.69 bits per heavy atom. The predicted octanol–water partition coefficient (Wildman–Crippen LogP) is 1.87. The third-order valence-corrected chi connectivity index (χ3v) is 3.99. The van der Waals surface area contributed by atoms with Gasteiger partial charge in [-0.15, -0.1) is 0 Å². The molecule has 3 unspecified atom stereocenters. The van der Waals surface area contributed by atoms with E-state index in [1.54, 1.807) is 7.11 Å². The topological polar surface area (TPSA) is 24.5 Å². The van der Waals surface area contributed by atoms with E-state index in [0.29, 0.717) is 6.04 Å². The highest BCUT2D eigenvalue weighted by atomic mass is 16.5. The molecule has 0 aliphatic heterocycles. The van der Waals surface area contributed by atoms with Crippen molar-refractivity contribution in [3.05, 3.63) is 0 Å². The predicted molar refractivity (Wildman–Crippen MR) is 68.8 cm³/mol. The minimum absolute atomic E-state index is 0.677. The number of ether oxygens (including phenoxy) is 1. The molecule has 0 bridgehead atoms. The minimum Gasteiger partial charge on any atom is -0.383 e. The molecule has 0 amide bonds. The first kappa shape index (κ1) is 13.9. The Kier molecular flexibility index (Phi) is 6.32. The maximum absolute atomic E-state index is 5.22. The molecular weight excluding hydrogens is 200 g/mol. The summed E-state index contributed by atoms with van der Waals surface area (Å²) in [6.45, 7) is 6.54. The number of hydrogen-bond acceptors (Lipinski definition) is 3. The largest absolute Gasteiger partial charge is 0.383 e. The Morgan fingerprint density at radius 1 is 1.44 bits per heavy atom. The van der Waals surface area contributed by atoms with Crippen LogP contribution in [-0.4, -0.2) is 50.3 Å². The summed E-state index contributed by atoms with van der Waals surface area (Å²) in [5.74, 6) is 0. The highest BCUT2D eigenvalue weighted by molar-refractivity contribution is 4.87. The average Bonchev–Trinajstić information content (AvgIpc) is 2.77. The molecule has 0 aromatic carbocycles. The second kappa shape index (κ2) is 7.25. The van der Waals surface area contributed by atoms with Crippen LogP contribution in [0.25, 0.3) is 0 Å². The number of nitrogens with zero attached hydrogens (tertiary/aromatic N) is 1. The SMILES string of the molecule is CCC(C)N(CCOC)C1CCC(NC)C1. The van der Waals surface area contributed by atoms with Crippen LogP contribution in [-0.2, 0) is 4.74 Å². The van der Waals surface area contributed by atoms with E-state index in [-0.39, 0.29) is 0 Å². The van der Waals surface area contributed by atoms with Gasteiger partial charge in [-0.2, -0.15) is 0 Å². The van der Waals surface area contributed by atoms with Gasteiger partial charge in [0.2, 0.25) is 0 Å². The van der Waals surface area contributed by atoms with Gasteiger partial charge in [-0.3, -0.25) is 4.90 Å². The van der Waals surface area contributed by atoms with Crippen molar-refractivity contribution in [3.63, 3.8) is 0 Å². The maximum atomic E-state index is 5.22. The van der Waals surface area contributed by atoms with Gasteiger partial charge in [-0.05, 0) is 39.7 Å².